The van der Waals surface area contributed by atoms with E-state index in [2.05, 4.69) is 36.8 Å². The SMILES string of the molecule is OCc1cnc(Br)c(C(F)F)c1CBr. The van der Waals surface area contributed by atoms with Crippen LogP contribution in [0.4, 0.5) is 8.78 Å². The third kappa shape index (κ3) is 2.29. The Morgan fingerprint density at radius 1 is 1.50 bits per heavy atom. The minimum atomic E-state index is -2.60. The Kier molecular flexibility index (Phi) is 4.40. The minimum absolute atomic E-state index is 0.124. The van der Waals surface area contributed by atoms with Crippen LogP contribution in [0.3, 0.4) is 0 Å². The standard InChI is InChI=1S/C8H7Br2F2NO/c9-1-5-4(3-14)2-13-7(10)6(5)8(11)12/h2,8,14H,1,3H2. The number of nitrogens with zero attached hydrogens (tertiary/aromatic N) is 1. The number of hydrogen-bond donors (Lipinski definition) is 1. The number of pyridine rings is 1. The second-order valence-electron chi connectivity index (χ2n) is 2.56. The highest BCUT2D eigenvalue weighted by Crippen LogP contribution is 2.32. The highest BCUT2D eigenvalue weighted by atomic mass is 79.9. The van der Waals surface area contributed by atoms with Crippen molar-refractivity contribution in [3.05, 3.63) is 27.5 Å². The molecule has 0 radical (unpaired) electrons. The van der Waals surface area contributed by atoms with E-state index in [1.807, 2.05) is 0 Å². The molecule has 0 unspecified atom stereocenters. The molecule has 0 aliphatic carbocycles. The quantitative estimate of drug-likeness (QED) is 0.682. The smallest absolute Gasteiger partial charge is 0.266 e. The van der Waals surface area contributed by atoms with E-state index < -0.39 is 6.43 Å². The van der Waals surface area contributed by atoms with Gasteiger partial charge in [0.05, 0.1) is 12.2 Å². The van der Waals surface area contributed by atoms with Crippen molar-refractivity contribution in [2.24, 2.45) is 0 Å². The summed E-state index contributed by atoms with van der Waals surface area (Å²) in [5.41, 5.74) is 0.651. The lowest BCUT2D eigenvalue weighted by molar-refractivity contribution is 0.148. The molecule has 0 amide bonds. The third-order valence-electron chi connectivity index (χ3n) is 1.79. The van der Waals surface area contributed by atoms with Crippen LogP contribution in [0.15, 0.2) is 10.8 Å². The fourth-order valence-electron chi connectivity index (χ4n) is 1.10. The first-order chi connectivity index (χ1) is 6.61. The van der Waals surface area contributed by atoms with Gasteiger partial charge in [0, 0.05) is 17.1 Å². The number of aliphatic hydroxyl groups excluding tert-OH is 1. The van der Waals surface area contributed by atoms with Crippen molar-refractivity contribution in [3.63, 3.8) is 0 Å². The molecule has 1 aromatic heterocycles. The zero-order valence-electron chi connectivity index (χ0n) is 6.98. The number of rotatable bonds is 3. The second-order valence-corrected chi connectivity index (χ2v) is 3.87. The van der Waals surface area contributed by atoms with Gasteiger partial charge in [0.2, 0.25) is 0 Å². The van der Waals surface area contributed by atoms with Crippen molar-refractivity contribution >= 4 is 31.9 Å². The van der Waals surface area contributed by atoms with Crippen LogP contribution in [0, 0.1) is 0 Å². The van der Waals surface area contributed by atoms with Crippen LogP contribution >= 0.6 is 31.9 Å². The summed E-state index contributed by atoms with van der Waals surface area (Å²) < 4.78 is 25.4. The Hall–Kier alpha value is -0.0700. The average Bonchev–Trinajstić information content (AvgIpc) is 2.16. The molecule has 0 atom stereocenters. The topological polar surface area (TPSA) is 33.1 Å². The van der Waals surface area contributed by atoms with E-state index in [9.17, 15) is 8.78 Å². The lowest BCUT2D eigenvalue weighted by atomic mass is 10.1. The average molecular weight is 331 g/mol. The Morgan fingerprint density at radius 3 is 2.57 bits per heavy atom. The Bertz CT molecular complexity index is 333. The molecular formula is C8H7Br2F2NO. The summed E-state index contributed by atoms with van der Waals surface area (Å²) in [4.78, 5) is 3.74. The maximum absolute atomic E-state index is 12.6. The first-order valence-electron chi connectivity index (χ1n) is 3.73. The first kappa shape index (κ1) is 12.0. The summed E-state index contributed by atoms with van der Waals surface area (Å²) in [5.74, 6) is 0. The van der Waals surface area contributed by atoms with Crippen LogP contribution in [0.25, 0.3) is 0 Å². The van der Waals surface area contributed by atoms with Gasteiger partial charge in [0.15, 0.2) is 0 Å². The van der Waals surface area contributed by atoms with Crippen molar-refractivity contribution in [3.8, 4) is 0 Å². The van der Waals surface area contributed by atoms with Gasteiger partial charge in [-0.2, -0.15) is 0 Å². The Balaban J connectivity index is 3.35. The van der Waals surface area contributed by atoms with Crippen molar-refractivity contribution in [1.29, 1.82) is 0 Å². The van der Waals surface area contributed by atoms with Crippen LogP contribution in [0.2, 0.25) is 0 Å². The summed E-state index contributed by atoms with van der Waals surface area (Å²) in [6.07, 6.45) is -1.22. The number of alkyl halides is 3. The van der Waals surface area contributed by atoms with Crippen LogP contribution in [-0.4, -0.2) is 10.1 Å². The van der Waals surface area contributed by atoms with Crippen molar-refractivity contribution in [2.45, 2.75) is 18.4 Å². The van der Waals surface area contributed by atoms with Crippen LogP contribution in [-0.2, 0) is 11.9 Å². The summed E-state index contributed by atoms with van der Waals surface area (Å²) in [6, 6.07) is 0. The summed E-state index contributed by atoms with van der Waals surface area (Å²) in [6.45, 7) is -0.291. The molecular weight excluding hydrogens is 324 g/mol. The van der Waals surface area contributed by atoms with E-state index in [0.29, 0.717) is 11.1 Å². The van der Waals surface area contributed by atoms with E-state index in [4.69, 9.17) is 5.11 Å². The maximum Gasteiger partial charge on any atom is 0.266 e. The van der Waals surface area contributed by atoms with Gasteiger partial charge >= 0.3 is 0 Å². The Labute approximate surface area is 96.6 Å². The van der Waals surface area contributed by atoms with E-state index in [1.165, 1.54) is 6.20 Å². The molecule has 2 nitrogen and oxygen atoms in total. The minimum Gasteiger partial charge on any atom is -0.392 e. The molecule has 0 saturated carbocycles. The molecule has 0 spiro atoms. The monoisotopic (exact) mass is 329 g/mol. The lowest BCUT2D eigenvalue weighted by Gasteiger charge is -2.11. The van der Waals surface area contributed by atoms with Crippen molar-refractivity contribution < 1.29 is 13.9 Å². The van der Waals surface area contributed by atoms with Crippen molar-refractivity contribution in [1.82, 2.24) is 4.98 Å². The lowest BCUT2D eigenvalue weighted by Crippen LogP contribution is -2.02. The predicted octanol–water partition coefficient (Wildman–Crippen LogP) is 3.17. The van der Waals surface area contributed by atoms with E-state index >= 15 is 0 Å². The van der Waals surface area contributed by atoms with Gasteiger partial charge < -0.3 is 5.11 Å². The zero-order chi connectivity index (χ0) is 10.7. The molecule has 0 aliphatic rings. The number of aromatic nitrogens is 1. The molecule has 1 N–H and O–H groups in total. The van der Waals surface area contributed by atoms with E-state index in [1.54, 1.807) is 0 Å². The predicted molar refractivity (Wildman–Crippen MR) is 55.4 cm³/mol. The molecule has 78 valence electrons. The highest BCUT2D eigenvalue weighted by molar-refractivity contribution is 9.10. The largest absolute Gasteiger partial charge is 0.392 e. The van der Waals surface area contributed by atoms with Gasteiger partial charge in [-0.25, -0.2) is 13.8 Å². The zero-order valence-corrected chi connectivity index (χ0v) is 10.1. The third-order valence-corrected chi connectivity index (χ3v) is 2.98. The molecule has 0 saturated heterocycles. The molecule has 14 heavy (non-hydrogen) atoms. The Morgan fingerprint density at radius 2 is 2.14 bits per heavy atom. The van der Waals surface area contributed by atoms with Crippen LogP contribution in [0.1, 0.15) is 23.1 Å². The molecule has 0 aromatic carbocycles. The number of hydrogen-bond acceptors (Lipinski definition) is 2. The van der Waals surface area contributed by atoms with E-state index in [-0.39, 0.29) is 22.1 Å². The maximum atomic E-state index is 12.6. The molecule has 0 bridgehead atoms. The first-order valence-corrected chi connectivity index (χ1v) is 5.64. The summed E-state index contributed by atoms with van der Waals surface area (Å²) in [5, 5.41) is 9.19. The van der Waals surface area contributed by atoms with Crippen LogP contribution in [0.5, 0.6) is 0 Å². The van der Waals surface area contributed by atoms with Crippen LogP contribution < -0.4 is 0 Å². The normalized spacial score (nSPS) is 11.0. The van der Waals surface area contributed by atoms with Crippen molar-refractivity contribution in [2.75, 3.05) is 0 Å². The number of aliphatic hydroxyl groups is 1. The molecule has 0 fully saturated rings. The van der Waals surface area contributed by atoms with Gasteiger partial charge in [-0.15, -0.1) is 0 Å². The molecule has 1 rings (SSSR count). The summed E-state index contributed by atoms with van der Waals surface area (Å²) >= 11 is 6.07. The highest BCUT2D eigenvalue weighted by Gasteiger charge is 2.19. The molecule has 6 heteroatoms. The van der Waals surface area contributed by atoms with Gasteiger partial charge in [-0.1, -0.05) is 15.9 Å². The molecule has 0 aliphatic heterocycles. The van der Waals surface area contributed by atoms with E-state index in [0.717, 1.165) is 0 Å². The van der Waals surface area contributed by atoms with Gasteiger partial charge in [0.1, 0.15) is 4.60 Å². The summed E-state index contributed by atoms with van der Waals surface area (Å²) in [7, 11) is 0. The fourth-order valence-corrected chi connectivity index (χ4v) is 2.27. The van der Waals surface area contributed by atoms with Gasteiger partial charge in [-0.05, 0) is 21.5 Å². The second kappa shape index (κ2) is 5.14. The molecule has 1 aromatic rings. The fraction of sp³-hybridized carbons (Fsp3) is 0.375. The van der Waals surface area contributed by atoms with Gasteiger partial charge in [-0.3, -0.25) is 0 Å². The number of halogens is 4. The van der Waals surface area contributed by atoms with Gasteiger partial charge in [0.25, 0.3) is 6.43 Å². The molecule has 1 heterocycles.